The number of hydrogen-bond donors (Lipinski definition) is 5. The van der Waals surface area contributed by atoms with Crippen LogP contribution >= 0.6 is 0 Å². The van der Waals surface area contributed by atoms with Gasteiger partial charge < -0.3 is 78.8 Å². The van der Waals surface area contributed by atoms with Crippen LogP contribution in [0.2, 0.25) is 0 Å². The number of phenolic OH excluding ortho intramolecular Hbond substituents is 1. The molecule has 6 N–H and O–H groups in total. The maximum atomic E-state index is 14.2. The quantitative estimate of drug-likeness (QED) is 0.0622. The predicted molar refractivity (Wildman–Crippen MR) is 279 cm³/mol. The maximum absolute atomic E-state index is 14.2. The monoisotopic (exact) mass is 1120 g/mol. The number of likely N-dealkylation sites (N-methyl/N-ethyl adjacent to an activating group) is 2. The van der Waals surface area contributed by atoms with Crippen LogP contribution in [-0.4, -0.2) is 155 Å². The molecule has 8 atom stereocenters. The number of carbonyl (C=O) groups excluding carboxylic acids is 8. The number of benzene rings is 2. The number of pyridine rings is 2. The standard InChI is InChI=1S/C54H65N7O19/c1-11-31-32-20-30(64)14-16-36(32)57-41-33(31)22-61-38(41)21-35-34(48(61)68)24-74-51(70)54(35,12-2)80-53(72)60(9)18-17-59(8)52(71)75-23-29-13-15-37(58-46(66)26(5)56-47(67)40(55)25(3)4)39(19-29)78-50-45(77-28(7)63)43(76-27(6)62)42(65)44(79-50)49(69)73-10/h13-16,19-21,25-26,40,42-45,50,64-65H,11-12,17-18,22-24,55H2,1-10H3,(H,56,67)(H,58,66)/t26-,40-,42-,43-,44-,45+,50+,54-/m0/s1. The molecule has 430 valence electrons. The number of cyclic esters (lactones) is 1. The van der Waals surface area contributed by atoms with Crippen LogP contribution < -0.4 is 26.7 Å². The van der Waals surface area contributed by atoms with Gasteiger partial charge in [-0.15, -0.1) is 0 Å². The van der Waals surface area contributed by atoms with E-state index in [2.05, 4.69) is 10.6 Å². The molecule has 0 spiro atoms. The zero-order chi connectivity index (χ0) is 58.7. The smallest absolute Gasteiger partial charge is 0.411 e. The number of ether oxygens (including phenoxy) is 8. The molecule has 1 saturated heterocycles. The van der Waals surface area contributed by atoms with Crippen molar-refractivity contribution in [2.24, 2.45) is 11.7 Å². The third kappa shape index (κ3) is 12.1. The molecule has 4 aromatic rings. The Balaban J connectivity index is 1.07. The van der Waals surface area contributed by atoms with Crippen LogP contribution in [0.5, 0.6) is 11.5 Å². The number of rotatable bonds is 18. The predicted octanol–water partition coefficient (Wildman–Crippen LogP) is 2.62. The fraction of sp³-hybridized carbons (Fsp3) is 0.481. The van der Waals surface area contributed by atoms with Crippen LogP contribution in [0.4, 0.5) is 15.3 Å². The van der Waals surface area contributed by atoms with E-state index >= 15 is 0 Å². The molecule has 26 nitrogen and oxygen atoms in total. The Labute approximate surface area is 458 Å². The van der Waals surface area contributed by atoms with E-state index in [0.29, 0.717) is 23.3 Å². The molecule has 2 aromatic heterocycles. The topological polar surface area (TPSA) is 342 Å². The minimum absolute atomic E-state index is 0.0707. The normalized spacial score (nSPS) is 20.6. The number of anilines is 1. The highest BCUT2D eigenvalue weighted by Crippen LogP contribution is 2.43. The number of nitrogens with two attached hydrogens (primary N) is 1. The summed E-state index contributed by atoms with van der Waals surface area (Å²) in [5.41, 5.74) is 7.16. The molecule has 0 radical (unpaired) electrons. The summed E-state index contributed by atoms with van der Waals surface area (Å²) < 4.78 is 46.1. The van der Waals surface area contributed by atoms with Gasteiger partial charge in [-0.3, -0.25) is 24.0 Å². The van der Waals surface area contributed by atoms with Gasteiger partial charge in [0.05, 0.1) is 47.9 Å². The number of aliphatic hydroxyl groups excluding tert-OH is 1. The number of aliphatic hydroxyl groups is 1. The van der Waals surface area contributed by atoms with Gasteiger partial charge in [0.25, 0.3) is 5.56 Å². The number of amides is 4. The number of nitrogens with zero attached hydrogens (tertiary/aromatic N) is 4. The minimum atomic E-state index is -2.03. The van der Waals surface area contributed by atoms with Crippen molar-refractivity contribution in [3.63, 3.8) is 0 Å². The molecule has 4 amide bonds. The number of aromatic nitrogens is 2. The second-order valence-electron chi connectivity index (χ2n) is 19.8. The largest absolute Gasteiger partial charge is 0.508 e. The van der Waals surface area contributed by atoms with Gasteiger partial charge in [-0.25, -0.2) is 24.2 Å². The van der Waals surface area contributed by atoms with Crippen molar-refractivity contribution in [2.75, 3.05) is 39.6 Å². The fourth-order valence-electron chi connectivity index (χ4n) is 9.45. The lowest BCUT2D eigenvalue weighted by Gasteiger charge is -2.42. The summed E-state index contributed by atoms with van der Waals surface area (Å²) in [4.78, 5) is 126. The summed E-state index contributed by atoms with van der Waals surface area (Å²) in [6.45, 7) is 9.56. The van der Waals surface area contributed by atoms with Gasteiger partial charge in [0.2, 0.25) is 29.8 Å². The molecule has 2 aromatic carbocycles. The molecule has 5 heterocycles. The zero-order valence-corrected chi connectivity index (χ0v) is 45.8. The van der Waals surface area contributed by atoms with Gasteiger partial charge >= 0.3 is 36.1 Å². The lowest BCUT2D eigenvalue weighted by atomic mass is 9.85. The first kappa shape index (κ1) is 59.3. The van der Waals surface area contributed by atoms with Gasteiger partial charge in [0, 0.05) is 57.5 Å². The van der Waals surface area contributed by atoms with Crippen molar-refractivity contribution in [1.29, 1.82) is 0 Å². The fourth-order valence-corrected chi connectivity index (χ4v) is 9.45. The molecule has 0 bridgehead atoms. The average Bonchev–Trinajstić information content (AvgIpc) is 3.95. The first-order chi connectivity index (χ1) is 37.8. The Morgan fingerprint density at radius 1 is 0.912 bits per heavy atom. The molecule has 7 rings (SSSR count). The summed E-state index contributed by atoms with van der Waals surface area (Å²) in [5, 5.41) is 27.3. The lowest BCUT2D eigenvalue weighted by Crippen LogP contribution is -2.63. The van der Waals surface area contributed by atoms with Crippen molar-refractivity contribution < 1.29 is 86.5 Å². The highest BCUT2D eigenvalue weighted by molar-refractivity contribution is 5.98. The molecule has 0 saturated carbocycles. The second-order valence-corrected chi connectivity index (χ2v) is 19.8. The molecule has 80 heavy (non-hydrogen) atoms. The van der Waals surface area contributed by atoms with E-state index in [-0.39, 0.29) is 72.5 Å². The first-order valence-electron chi connectivity index (χ1n) is 25.7. The lowest BCUT2D eigenvalue weighted by molar-refractivity contribution is -0.279. The molecule has 3 aliphatic heterocycles. The number of methoxy groups -OCH3 is 1. The summed E-state index contributed by atoms with van der Waals surface area (Å²) in [7, 11) is 3.78. The number of carbonyl (C=O) groups is 8. The summed E-state index contributed by atoms with van der Waals surface area (Å²) in [5.74, 6) is -5.66. The van der Waals surface area contributed by atoms with Gasteiger partial charge in [-0.05, 0) is 73.2 Å². The number of aryl methyl sites for hydroxylation is 1. The Morgan fingerprint density at radius 2 is 1.59 bits per heavy atom. The molecule has 3 aliphatic rings. The summed E-state index contributed by atoms with van der Waals surface area (Å²) in [6, 6.07) is 8.47. The summed E-state index contributed by atoms with van der Waals surface area (Å²) in [6.07, 6.45) is -10.5. The molecule has 1 fully saturated rings. The second kappa shape index (κ2) is 24.3. The van der Waals surface area contributed by atoms with Crippen LogP contribution in [0.25, 0.3) is 22.3 Å². The van der Waals surface area contributed by atoms with Crippen molar-refractivity contribution in [2.45, 2.75) is 129 Å². The average molecular weight is 1120 g/mol. The number of phenols is 1. The minimum Gasteiger partial charge on any atom is -0.508 e. The highest BCUT2D eigenvalue weighted by Gasteiger charge is 2.54. The van der Waals surface area contributed by atoms with E-state index in [1.165, 1.54) is 45.3 Å². The van der Waals surface area contributed by atoms with Crippen LogP contribution in [0.1, 0.15) is 82.7 Å². The third-order valence-corrected chi connectivity index (χ3v) is 14.0. The van der Waals surface area contributed by atoms with E-state index in [0.717, 1.165) is 47.3 Å². The van der Waals surface area contributed by atoms with Crippen molar-refractivity contribution in [1.82, 2.24) is 24.7 Å². The van der Waals surface area contributed by atoms with Gasteiger partial charge in [0.15, 0.2) is 12.2 Å². The Morgan fingerprint density at radius 3 is 2.23 bits per heavy atom. The Hall–Kier alpha value is -8.36. The maximum Gasteiger partial charge on any atom is 0.411 e. The van der Waals surface area contributed by atoms with Gasteiger partial charge in [-0.1, -0.05) is 33.8 Å². The van der Waals surface area contributed by atoms with Crippen LogP contribution in [0.15, 0.2) is 47.3 Å². The highest BCUT2D eigenvalue weighted by atomic mass is 16.7. The van der Waals surface area contributed by atoms with Crippen LogP contribution in [0, 0.1) is 5.92 Å². The van der Waals surface area contributed by atoms with E-state index in [1.807, 2.05) is 6.92 Å². The summed E-state index contributed by atoms with van der Waals surface area (Å²) >= 11 is 0. The number of fused-ring (bicyclic) bond motifs is 5. The van der Waals surface area contributed by atoms with E-state index in [4.69, 9.17) is 48.6 Å². The van der Waals surface area contributed by atoms with Crippen LogP contribution in [-0.2, 0) is 93.7 Å². The molecule has 0 aliphatic carbocycles. The first-order valence-corrected chi connectivity index (χ1v) is 25.7. The van der Waals surface area contributed by atoms with Crippen molar-refractivity contribution >= 4 is 64.5 Å². The number of hydrogen-bond acceptors (Lipinski definition) is 21. The number of aromatic hydroxyl groups is 1. The molecular weight excluding hydrogens is 1050 g/mol. The van der Waals surface area contributed by atoms with E-state index in [9.17, 15) is 53.4 Å². The SMILES string of the molecule is CCc1c2c(nc3ccc(O)cc13)-c1cc3c(c(=O)n1C2)COC(=O)[C@@]3(CC)OC(=O)N(C)CCN(C)C(=O)OCc1ccc(NC(=O)[C@H](C)NC(=O)[C@@H](N)C(C)C)c(O[C@@H]2O[C@H](C(=O)OC)[C@@H](O)[C@H](OC(C)=O)[C@H]2OC(C)=O)c1. The molecule has 26 heteroatoms. The Kier molecular flexibility index (Phi) is 18.0. The Bertz CT molecular complexity index is 3180. The van der Waals surface area contributed by atoms with Crippen LogP contribution in [0.3, 0.4) is 0 Å². The van der Waals surface area contributed by atoms with Crippen molar-refractivity contribution in [3.05, 3.63) is 80.6 Å². The third-order valence-electron chi connectivity index (χ3n) is 14.0. The molecule has 0 unspecified atom stereocenters. The molecular formula is C54H65N7O19. The zero-order valence-electron chi connectivity index (χ0n) is 45.8. The number of nitrogens with one attached hydrogen (secondary N) is 2. The van der Waals surface area contributed by atoms with Gasteiger partial charge in [-0.2, -0.15) is 0 Å². The van der Waals surface area contributed by atoms with Gasteiger partial charge in [0.1, 0.15) is 36.9 Å². The van der Waals surface area contributed by atoms with E-state index < -0.39 is 108 Å². The van der Waals surface area contributed by atoms with Crippen molar-refractivity contribution in [3.8, 4) is 22.9 Å². The van der Waals surface area contributed by atoms with E-state index in [1.54, 1.807) is 43.5 Å². The number of esters is 4.